The summed E-state index contributed by atoms with van der Waals surface area (Å²) in [6, 6.07) is 58.3. The van der Waals surface area contributed by atoms with E-state index in [1.807, 2.05) is 0 Å². The van der Waals surface area contributed by atoms with Gasteiger partial charge in [0.15, 0.2) is 5.82 Å². The van der Waals surface area contributed by atoms with E-state index < -0.39 is 0 Å². The van der Waals surface area contributed by atoms with Crippen LogP contribution in [0.25, 0.3) is 114 Å². The highest BCUT2D eigenvalue weighted by atomic mass is 32.1. The largest absolute Gasteiger partial charge is 0.456 e. The summed E-state index contributed by atoms with van der Waals surface area (Å²) in [4.78, 5) is 10.5. The number of benzene rings is 8. The lowest BCUT2D eigenvalue weighted by molar-refractivity contribution is 0.669. The number of nitrogens with zero attached hydrogens (tertiary/aromatic N) is 3. The Morgan fingerprint density at radius 2 is 1.17 bits per heavy atom. The Balaban J connectivity index is 1.04. The number of rotatable bonds is 3. The Bertz CT molecular complexity index is 3480. The Hall–Kier alpha value is -6.82. The molecule has 0 aliphatic heterocycles. The molecule has 5 heteroatoms. The molecule has 12 rings (SSSR count). The molecule has 4 nitrogen and oxygen atoms in total. The topological polar surface area (TPSA) is 43.9 Å². The molecule has 4 heterocycles. The zero-order valence-electron chi connectivity index (χ0n) is 28.2. The highest BCUT2D eigenvalue weighted by Gasteiger charge is 2.19. The first-order valence-corrected chi connectivity index (χ1v) is 18.6. The van der Waals surface area contributed by atoms with Gasteiger partial charge in [0.25, 0.3) is 0 Å². The van der Waals surface area contributed by atoms with Crippen LogP contribution in [-0.4, -0.2) is 14.5 Å². The first-order chi connectivity index (χ1) is 26.2. The van der Waals surface area contributed by atoms with Crippen LogP contribution in [0.2, 0.25) is 0 Å². The Kier molecular flexibility index (Phi) is 5.90. The molecule has 0 saturated carbocycles. The van der Waals surface area contributed by atoms with Crippen molar-refractivity contribution in [3.05, 3.63) is 164 Å². The molecule has 0 aliphatic carbocycles. The average molecular weight is 694 g/mol. The van der Waals surface area contributed by atoms with E-state index in [0.717, 1.165) is 60.0 Å². The molecule has 0 fully saturated rings. The van der Waals surface area contributed by atoms with Gasteiger partial charge in [-0.25, -0.2) is 9.97 Å². The molecule has 0 saturated heterocycles. The number of hydrogen-bond donors (Lipinski definition) is 0. The maximum atomic E-state index is 6.69. The van der Waals surface area contributed by atoms with E-state index in [1.54, 1.807) is 11.3 Å². The standard InChI is InChI=1S/C48H27N3OS/c1-2-11-30-25-31(18-17-28(30)9-1)45-47-46(38-14-6-8-16-43(38)53-47)50-48(49-45)32-19-22-35-36-23-21-33(27-42(36)52-41(35)26-32)51-39-15-7-5-13-37(39)44-34-12-4-3-10-29(34)20-24-40(44)51/h1-27H. The van der Waals surface area contributed by atoms with Gasteiger partial charge in [-0.15, -0.1) is 11.3 Å². The van der Waals surface area contributed by atoms with Gasteiger partial charge in [-0.05, 0) is 70.1 Å². The number of para-hydroxylation sites is 1. The van der Waals surface area contributed by atoms with Crippen molar-refractivity contribution in [1.82, 2.24) is 14.5 Å². The van der Waals surface area contributed by atoms with Crippen LogP contribution in [-0.2, 0) is 0 Å². The highest BCUT2D eigenvalue weighted by molar-refractivity contribution is 7.26. The SMILES string of the molecule is c1ccc2cc(-c3nc(-c4ccc5c(c4)oc4cc(-n6c7ccccc7c7c8ccccc8ccc76)ccc45)nc4c3sc3ccccc34)ccc2c1. The summed E-state index contributed by atoms with van der Waals surface area (Å²) in [5.74, 6) is 0.685. The molecule has 0 spiro atoms. The van der Waals surface area contributed by atoms with Gasteiger partial charge in [0, 0.05) is 54.5 Å². The normalized spacial score (nSPS) is 12.2. The fraction of sp³-hybridized carbons (Fsp3) is 0. The fourth-order valence-corrected chi connectivity index (χ4v) is 9.47. The van der Waals surface area contributed by atoms with Gasteiger partial charge < -0.3 is 8.98 Å². The maximum Gasteiger partial charge on any atom is 0.160 e. The fourth-order valence-electron chi connectivity index (χ4n) is 8.31. The Morgan fingerprint density at radius 3 is 2.08 bits per heavy atom. The van der Waals surface area contributed by atoms with Gasteiger partial charge >= 0.3 is 0 Å². The molecule has 0 radical (unpaired) electrons. The van der Waals surface area contributed by atoms with Crippen LogP contribution in [0, 0.1) is 0 Å². The zero-order chi connectivity index (χ0) is 34.6. The van der Waals surface area contributed by atoms with E-state index in [1.165, 1.54) is 48.1 Å². The second-order valence-corrected chi connectivity index (χ2v) is 14.8. The second-order valence-electron chi connectivity index (χ2n) is 13.8. The summed E-state index contributed by atoms with van der Waals surface area (Å²) in [6.07, 6.45) is 0. The minimum absolute atomic E-state index is 0.685. The van der Waals surface area contributed by atoms with Gasteiger partial charge in [-0.1, -0.05) is 109 Å². The molecular formula is C48H27N3OS. The predicted molar refractivity (Wildman–Crippen MR) is 222 cm³/mol. The van der Waals surface area contributed by atoms with E-state index in [0.29, 0.717) is 5.82 Å². The van der Waals surface area contributed by atoms with Crippen LogP contribution < -0.4 is 0 Å². The molecular weight excluding hydrogens is 667 g/mol. The summed E-state index contributed by atoms with van der Waals surface area (Å²) < 4.78 is 11.3. The number of fused-ring (bicyclic) bond motifs is 12. The molecule has 0 N–H and O–H groups in total. The van der Waals surface area contributed by atoms with E-state index in [2.05, 4.69) is 168 Å². The molecule has 0 aliphatic rings. The summed E-state index contributed by atoms with van der Waals surface area (Å²) in [5.41, 5.74) is 9.01. The molecule has 0 amide bonds. The summed E-state index contributed by atoms with van der Waals surface area (Å²) in [7, 11) is 0. The minimum Gasteiger partial charge on any atom is -0.456 e. The third kappa shape index (κ3) is 4.23. The molecule has 8 aromatic carbocycles. The minimum atomic E-state index is 0.685. The smallest absolute Gasteiger partial charge is 0.160 e. The van der Waals surface area contributed by atoms with Crippen molar-refractivity contribution in [2.24, 2.45) is 0 Å². The molecule has 12 aromatic rings. The van der Waals surface area contributed by atoms with Gasteiger partial charge in [0.2, 0.25) is 0 Å². The first kappa shape index (κ1) is 28.8. The maximum absolute atomic E-state index is 6.69. The average Bonchev–Trinajstić information content (AvgIpc) is 3.89. The van der Waals surface area contributed by atoms with E-state index in [-0.39, 0.29) is 0 Å². The van der Waals surface area contributed by atoms with Crippen molar-refractivity contribution >= 4 is 96.9 Å². The molecule has 0 unspecified atom stereocenters. The third-order valence-corrected chi connectivity index (χ3v) is 11.9. The van der Waals surface area contributed by atoms with Crippen molar-refractivity contribution in [2.75, 3.05) is 0 Å². The lowest BCUT2D eigenvalue weighted by Crippen LogP contribution is -1.93. The van der Waals surface area contributed by atoms with Crippen LogP contribution in [0.5, 0.6) is 0 Å². The van der Waals surface area contributed by atoms with Crippen molar-refractivity contribution in [3.8, 4) is 28.3 Å². The zero-order valence-corrected chi connectivity index (χ0v) is 29.1. The molecule has 0 atom stereocenters. The summed E-state index contributed by atoms with van der Waals surface area (Å²) in [5, 5.41) is 10.7. The van der Waals surface area contributed by atoms with Gasteiger partial charge in [0.05, 0.1) is 26.9 Å². The molecule has 4 aromatic heterocycles. The second kappa shape index (κ2) is 10.8. The number of thiophene rings is 1. The number of hydrogen-bond acceptors (Lipinski definition) is 4. The number of aromatic nitrogens is 3. The molecule has 53 heavy (non-hydrogen) atoms. The van der Waals surface area contributed by atoms with E-state index in [4.69, 9.17) is 14.4 Å². The van der Waals surface area contributed by atoms with Crippen molar-refractivity contribution in [1.29, 1.82) is 0 Å². The van der Waals surface area contributed by atoms with E-state index >= 15 is 0 Å². The van der Waals surface area contributed by atoms with Crippen LogP contribution >= 0.6 is 11.3 Å². The van der Waals surface area contributed by atoms with Crippen LogP contribution in [0.3, 0.4) is 0 Å². The monoisotopic (exact) mass is 693 g/mol. The van der Waals surface area contributed by atoms with Gasteiger partial charge in [-0.2, -0.15) is 0 Å². The predicted octanol–water partition coefficient (Wildman–Crippen LogP) is 13.5. The quantitative estimate of drug-likeness (QED) is 0.185. The summed E-state index contributed by atoms with van der Waals surface area (Å²) in [6.45, 7) is 0. The number of furan rings is 1. The lowest BCUT2D eigenvalue weighted by atomic mass is 10.0. The first-order valence-electron chi connectivity index (χ1n) is 17.8. The Morgan fingerprint density at radius 1 is 0.472 bits per heavy atom. The molecule has 246 valence electrons. The van der Waals surface area contributed by atoms with Crippen LogP contribution in [0.15, 0.2) is 168 Å². The lowest BCUT2D eigenvalue weighted by Gasteiger charge is -2.08. The van der Waals surface area contributed by atoms with Gasteiger partial charge in [0.1, 0.15) is 11.2 Å². The van der Waals surface area contributed by atoms with Crippen molar-refractivity contribution < 1.29 is 4.42 Å². The van der Waals surface area contributed by atoms with Crippen molar-refractivity contribution in [2.45, 2.75) is 0 Å². The third-order valence-electron chi connectivity index (χ3n) is 10.8. The van der Waals surface area contributed by atoms with Gasteiger partial charge in [-0.3, -0.25) is 0 Å². The molecule has 0 bridgehead atoms. The van der Waals surface area contributed by atoms with Crippen LogP contribution in [0.4, 0.5) is 0 Å². The van der Waals surface area contributed by atoms with Crippen molar-refractivity contribution in [3.63, 3.8) is 0 Å². The van der Waals surface area contributed by atoms with Crippen LogP contribution in [0.1, 0.15) is 0 Å². The Labute approximate surface area is 306 Å². The highest BCUT2D eigenvalue weighted by Crippen LogP contribution is 2.42. The summed E-state index contributed by atoms with van der Waals surface area (Å²) >= 11 is 1.75. The van der Waals surface area contributed by atoms with E-state index in [9.17, 15) is 0 Å².